The number of carbonyl (C=O) groups is 1. The van der Waals surface area contributed by atoms with Crippen molar-refractivity contribution >= 4 is 11.6 Å². The van der Waals surface area contributed by atoms with Gasteiger partial charge >= 0.3 is 0 Å². The second kappa shape index (κ2) is 8.05. The average molecular weight is 300 g/mol. The summed E-state index contributed by atoms with van der Waals surface area (Å²) in [6.07, 6.45) is 0. The van der Waals surface area contributed by atoms with E-state index in [1.54, 1.807) is 32.4 Å². The maximum Gasteiger partial charge on any atom is 0.238 e. The van der Waals surface area contributed by atoms with Crippen LogP contribution in [0.5, 0.6) is 11.5 Å². The topological polar surface area (TPSA) is 59.6 Å². The first-order valence-corrected chi connectivity index (χ1v) is 6.99. The van der Waals surface area contributed by atoms with E-state index in [1.807, 2.05) is 30.3 Å². The highest BCUT2D eigenvalue weighted by atomic mass is 16.5. The molecule has 2 N–H and O–H groups in total. The number of benzene rings is 2. The van der Waals surface area contributed by atoms with E-state index < -0.39 is 0 Å². The number of nitrogens with one attached hydrogen (secondary N) is 2. The molecule has 0 fully saturated rings. The molecular formula is C17H20N2O3. The summed E-state index contributed by atoms with van der Waals surface area (Å²) in [5, 5.41) is 5.92. The summed E-state index contributed by atoms with van der Waals surface area (Å²) in [6, 6.07) is 15.2. The molecule has 0 heterocycles. The van der Waals surface area contributed by atoms with E-state index in [1.165, 1.54) is 0 Å². The number of carbonyl (C=O) groups excluding carboxylic acids is 1. The minimum absolute atomic E-state index is 0.126. The quantitative estimate of drug-likeness (QED) is 0.824. The Morgan fingerprint density at radius 3 is 2.50 bits per heavy atom. The van der Waals surface area contributed by atoms with Crippen molar-refractivity contribution < 1.29 is 14.3 Å². The average Bonchev–Trinajstić information content (AvgIpc) is 2.56. The van der Waals surface area contributed by atoms with Gasteiger partial charge in [0.15, 0.2) is 0 Å². The van der Waals surface area contributed by atoms with Gasteiger partial charge in [-0.3, -0.25) is 4.79 Å². The molecule has 0 spiro atoms. The third-order valence-electron chi connectivity index (χ3n) is 3.14. The molecule has 0 radical (unpaired) electrons. The van der Waals surface area contributed by atoms with Crippen molar-refractivity contribution in [3.63, 3.8) is 0 Å². The minimum atomic E-state index is -0.126. The van der Waals surface area contributed by atoms with Gasteiger partial charge in [-0.05, 0) is 17.7 Å². The molecule has 22 heavy (non-hydrogen) atoms. The zero-order valence-corrected chi connectivity index (χ0v) is 12.8. The van der Waals surface area contributed by atoms with Crippen molar-refractivity contribution in [3.05, 3.63) is 54.1 Å². The summed E-state index contributed by atoms with van der Waals surface area (Å²) in [4.78, 5) is 12.0. The minimum Gasteiger partial charge on any atom is -0.497 e. The fourth-order valence-electron chi connectivity index (χ4n) is 2.01. The highest BCUT2D eigenvalue weighted by Gasteiger charge is 2.08. The summed E-state index contributed by atoms with van der Waals surface area (Å²) in [5.41, 5.74) is 1.76. The zero-order chi connectivity index (χ0) is 15.8. The van der Waals surface area contributed by atoms with Gasteiger partial charge < -0.3 is 20.1 Å². The van der Waals surface area contributed by atoms with Gasteiger partial charge in [0, 0.05) is 12.6 Å². The normalized spacial score (nSPS) is 10.1. The van der Waals surface area contributed by atoms with Crippen LogP contribution >= 0.6 is 0 Å². The lowest BCUT2D eigenvalue weighted by Crippen LogP contribution is -2.27. The van der Waals surface area contributed by atoms with Crippen LogP contribution in [0.4, 0.5) is 5.69 Å². The van der Waals surface area contributed by atoms with Crippen molar-refractivity contribution in [3.8, 4) is 11.5 Å². The maximum absolute atomic E-state index is 12.0. The van der Waals surface area contributed by atoms with Gasteiger partial charge in [-0.2, -0.15) is 0 Å². The van der Waals surface area contributed by atoms with Crippen LogP contribution in [0.15, 0.2) is 48.5 Å². The van der Waals surface area contributed by atoms with Gasteiger partial charge in [-0.25, -0.2) is 0 Å². The van der Waals surface area contributed by atoms with Crippen LogP contribution in [0, 0.1) is 0 Å². The molecule has 2 aromatic rings. The number of rotatable bonds is 7. The summed E-state index contributed by atoms with van der Waals surface area (Å²) < 4.78 is 10.4. The molecule has 5 heteroatoms. The SMILES string of the molecule is COc1ccc(NC(=O)CNCc2ccccc2)c(OC)c1. The van der Waals surface area contributed by atoms with Crippen molar-refractivity contribution in [2.24, 2.45) is 0 Å². The summed E-state index contributed by atoms with van der Waals surface area (Å²) in [6.45, 7) is 0.873. The van der Waals surface area contributed by atoms with Gasteiger partial charge in [0.05, 0.1) is 26.5 Å². The third-order valence-corrected chi connectivity index (χ3v) is 3.14. The molecule has 0 saturated carbocycles. The van der Waals surface area contributed by atoms with Crippen molar-refractivity contribution in [2.45, 2.75) is 6.54 Å². The molecule has 0 aliphatic heterocycles. The van der Waals surface area contributed by atoms with E-state index in [9.17, 15) is 4.79 Å². The Labute approximate surface area is 130 Å². The summed E-state index contributed by atoms with van der Waals surface area (Å²) >= 11 is 0. The van der Waals surface area contributed by atoms with Gasteiger partial charge in [-0.1, -0.05) is 30.3 Å². The van der Waals surface area contributed by atoms with Crippen LogP contribution in [0.1, 0.15) is 5.56 Å². The van der Waals surface area contributed by atoms with E-state index >= 15 is 0 Å². The highest BCUT2D eigenvalue weighted by molar-refractivity contribution is 5.93. The van der Waals surface area contributed by atoms with Crippen LogP contribution < -0.4 is 20.1 Å². The number of ether oxygens (including phenoxy) is 2. The largest absolute Gasteiger partial charge is 0.497 e. The predicted molar refractivity (Wildman–Crippen MR) is 86.3 cm³/mol. The predicted octanol–water partition coefficient (Wildman–Crippen LogP) is 2.43. The van der Waals surface area contributed by atoms with Crippen LogP contribution in [0.3, 0.4) is 0 Å². The molecule has 0 saturated heterocycles. The number of amides is 1. The fourth-order valence-corrected chi connectivity index (χ4v) is 2.01. The molecule has 1 amide bonds. The van der Waals surface area contributed by atoms with Crippen molar-refractivity contribution in [2.75, 3.05) is 26.1 Å². The van der Waals surface area contributed by atoms with E-state index in [2.05, 4.69) is 10.6 Å². The first-order chi connectivity index (χ1) is 10.7. The third kappa shape index (κ3) is 4.49. The maximum atomic E-state index is 12.0. The standard InChI is InChI=1S/C17H20N2O3/c1-21-14-8-9-15(16(10-14)22-2)19-17(20)12-18-11-13-6-4-3-5-7-13/h3-10,18H,11-12H2,1-2H3,(H,19,20). The molecular weight excluding hydrogens is 280 g/mol. The first-order valence-electron chi connectivity index (χ1n) is 6.99. The molecule has 0 aliphatic carbocycles. The molecule has 2 rings (SSSR count). The van der Waals surface area contributed by atoms with Crippen LogP contribution in [0.25, 0.3) is 0 Å². The molecule has 0 unspecified atom stereocenters. The van der Waals surface area contributed by atoms with Crippen molar-refractivity contribution in [1.29, 1.82) is 0 Å². The van der Waals surface area contributed by atoms with E-state index in [0.717, 1.165) is 5.56 Å². The molecule has 0 bridgehead atoms. The smallest absolute Gasteiger partial charge is 0.238 e. The Morgan fingerprint density at radius 1 is 1.05 bits per heavy atom. The highest BCUT2D eigenvalue weighted by Crippen LogP contribution is 2.28. The first kappa shape index (κ1) is 15.9. The lowest BCUT2D eigenvalue weighted by Gasteiger charge is -2.12. The number of methoxy groups -OCH3 is 2. The molecule has 0 atom stereocenters. The second-order valence-corrected chi connectivity index (χ2v) is 4.70. The Bertz CT molecular complexity index is 615. The van der Waals surface area contributed by atoms with Gasteiger partial charge in [-0.15, -0.1) is 0 Å². The number of hydrogen-bond donors (Lipinski definition) is 2. The molecule has 116 valence electrons. The Hall–Kier alpha value is -2.53. The molecule has 0 aliphatic rings. The Balaban J connectivity index is 1.86. The lowest BCUT2D eigenvalue weighted by molar-refractivity contribution is -0.115. The molecule has 5 nitrogen and oxygen atoms in total. The van der Waals surface area contributed by atoms with E-state index in [4.69, 9.17) is 9.47 Å². The number of hydrogen-bond acceptors (Lipinski definition) is 4. The molecule has 2 aromatic carbocycles. The second-order valence-electron chi connectivity index (χ2n) is 4.70. The van der Waals surface area contributed by atoms with E-state index in [-0.39, 0.29) is 12.5 Å². The van der Waals surface area contributed by atoms with Crippen LogP contribution in [0.2, 0.25) is 0 Å². The van der Waals surface area contributed by atoms with E-state index in [0.29, 0.717) is 23.7 Å². The fraction of sp³-hybridized carbons (Fsp3) is 0.235. The van der Waals surface area contributed by atoms with Crippen molar-refractivity contribution in [1.82, 2.24) is 5.32 Å². The lowest BCUT2D eigenvalue weighted by atomic mass is 10.2. The van der Waals surface area contributed by atoms with Gasteiger partial charge in [0.1, 0.15) is 11.5 Å². The van der Waals surface area contributed by atoms with Gasteiger partial charge in [0.2, 0.25) is 5.91 Å². The summed E-state index contributed by atoms with van der Waals surface area (Å²) in [5.74, 6) is 1.12. The summed E-state index contributed by atoms with van der Waals surface area (Å²) in [7, 11) is 3.14. The van der Waals surface area contributed by atoms with Crippen LogP contribution in [-0.4, -0.2) is 26.7 Å². The van der Waals surface area contributed by atoms with Gasteiger partial charge in [0.25, 0.3) is 0 Å². The Morgan fingerprint density at radius 2 is 1.82 bits per heavy atom. The monoisotopic (exact) mass is 300 g/mol. The molecule has 0 aromatic heterocycles. The zero-order valence-electron chi connectivity index (χ0n) is 12.8. The van der Waals surface area contributed by atoms with Crippen LogP contribution in [-0.2, 0) is 11.3 Å². The number of anilines is 1. The Kier molecular flexibility index (Phi) is 5.80.